The Morgan fingerprint density at radius 1 is 1.00 bits per heavy atom. The van der Waals surface area contributed by atoms with E-state index in [4.69, 9.17) is 4.74 Å². The summed E-state index contributed by atoms with van der Waals surface area (Å²) in [7, 11) is 0. The Morgan fingerprint density at radius 3 is 2.38 bits per heavy atom. The molecule has 0 saturated carbocycles. The minimum atomic E-state index is -0.982. The summed E-state index contributed by atoms with van der Waals surface area (Å²) in [6, 6.07) is 18.5. The molecule has 34 heavy (non-hydrogen) atoms. The lowest BCUT2D eigenvalue weighted by atomic mass is 10.1. The van der Waals surface area contributed by atoms with E-state index < -0.39 is 22.8 Å². The van der Waals surface area contributed by atoms with Gasteiger partial charge in [-0.1, -0.05) is 46.3 Å². The molecule has 1 aliphatic rings. The Morgan fingerprint density at radius 2 is 1.71 bits per heavy atom. The predicted molar refractivity (Wildman–Crippen MR) is 127 cm³/mol. The van der Waals surface area contributed by atoms with Crippen molar-refractivity contribution in [2.24, 2.45) is 0 Å². The molecule has 1 saturated heterocycles. The Bertz CT molecular complexity index is 1320. The third-order valence-corrected chi connectivity index (χ3v) is 5.44. The van der Waals surface area contributed by atoms with Crippen molar-refractivity contribution in [2.75, 3.05) is 4.90 Å². The summed E-state index contributed by atoms with van der Waals surface area (Å²) in [5.41, 5.74) is 0.924. The van der Waals surface area contributed by atoms with E-state index in [1.54, 1.807) is 24.3 Å². The maximum Gasteiger partial charge on any atom is 0.335 e. The number of rotatable bonds is 6. The van der Waals surface area contributed by atoms with Crippen LogP contribution in [0.3, 0.4) is 0 Å². The predicted octanol–water partition coefficient (Wildman–Crippen LogP) is 4.60. The van der Waals surface area contributed by atoms with Gasteiger partial charge in [-0.2, -0.15) is 0 Å². The lowest BCUT2D eigenvalue weighted by Crippen LogP contribution is -2.54. The maximum atomic E-state index is 13.0. The molecule has 0 atom stereocenters. The molecule has 0 unspecified atom stereocenters. The van der Waals surface area contributed by atoms with Crippen molar-refractivity contribution >= 4 is 51.2 Å². The first-order valence-corrected chi connectivity index (χ1v) is 10.7. The van der Waals surface area contributed by atoms with Gasteiger partial charge in [-0.15, -0.1) is 0 Å². The van der Waals surface area contributed by atoms with Gasteiger partial charge in [0.15, 0.2) is 0 Å². The van der Waals surface area contributed by atoms with Crippen molar-refractivity contribution < 1.29 is 24.0 Å². The fourth-order valence-corrected chi connectivity index (χ4v) is 3.48. The molecule has 0 bridgehead atoms. The van der Waals surface area contributed by atoms with E-state index in [0.29, 0.717) is 22.8 Å². The zero-order chi connectivity index (χ0) is 24.2. The number of carbonyl (C=O) groups is 3. The molecule has 9 nitrogen and oxygen atoms in total. The SMILES string of the molecule is O=C1NC(=O)N(c2cccc([N+](=O)[O-])c2)C(=O)/C1=C/c1ccc(OCc2ccc(Br)cc2)cc1. The van der Waals surface area contributed by atoms with Crippen LogP contribution in [-0.2, 0) is 16.2 Å². The third-order valence-electron chi connectivity index (χ3n) is 4.91. The molecule has 1 aliphatic heterocycles. The van der Waals surface area contributed by atoms with Gasteiger partial charge in [-0.3, -0.25) is 25.0 Å². The number of nitrogens with zero attached hydrogens (tertiary/aromatic N) is 2. The molecule has 3 aromatic rings. The molecule has 4 rings (SSSR count). The van der Waals surface area contributed by atoms with E-state index in [9.17, 15) is 24.5 Å². The quantitative estimate of drug-likeness (QED) is 0.219. The van der Waals surface area contributed by atoms with Crippen molar-refractivity contribution in [3.63, 3.8) is 0 Å². The van der Waals surface area contributed by atoms with Gasteiger partial charge >= 0.3 is 6.03 Å². The van der Waals surface area contributed by atoms with E-state index >= 15 is 0 Å². The van der Waals surface area contributed by atoms with Crippen LogP contribution in [0.1, 0.15) is 11.1 Å². The van der Waals surface area contributed by atoms with Gasteiger partial charge in [-0.25, -0.2) is 9.69 Å². The largest absolute Gasteiger partial charge is 0.489 e. The maximum absolute atomic E-state index is 13.0. The van der Waals surface area contributed by atoms with Gasteiger partial charge in [0.2, 0.25) is 0 Å². The number of nitro benzene ring substituents is 1. The molecular weight excluding hydrogens is 506 g/mol. The van der Waals surface area contributed by atoms with E-state index in [1.807, 2.05) is 24.3 Å². The van der Waals surface area contributed by atoms with Gasteiger partial charge < -0.3 is 4.74 Å². The Balaban J connectivity index is 1.53. The molecule has 1 fully saturated rings. The van der Waals surface area contributed by atoms with E-state index in [1.165, 1.54) is 24.3 Å². The van der Waals surface area contributed by atoms with Crippen molar-refractivity contribution in [3.05, 3.63) is 104 Å². The molecule has 0 radical (unpaired) electrons. The highest BCUT2D eigenvalue weighted by Gasteiger charge is 2.37. The molecule has 0 aromatic heterocycles. The van der Waals surface area contributed by atoms with Crippen molar-refractivity contribution in [3.8, 4) is 5.75 Å². The zero-order valence-corrected chi connectivity index (χ0v) is 19.0. The Hall–Kier alpha value is -4.31. The van der Waals surface area contributed by atoms with Crippen LogP contribution in [0.25, 0.3) is 6.08 Å². The average Bonchev–Trinajstić information content (AvgIpc) is 2.82. The van der Waals surface area contributed by atoms with Crippen LogP contribution < -0.4 is 15.0 Å². The number of benzene rings is 3. The van der Waals surface area contributed by atoms with Crippen LogP contribution in [0.5, 0.6) is 5.75 Å². The van der Waals surface area contributed by atoms with Crippen LogP contribution in [0, 0.1) is 10.1 Å². The number of non-ortho nitro benzene ring substituents is 1. The summed E-state index contributed by atoms with van der Waals surface area (Å²) in [5.74, 6) is -1.14. The van der Waals surface area contributed by atoms with Crippen LogP contribution >= 0.6 is 15.9 Å². The summed E-state index contributed by atoms with van der Waals surface area (Å²) < 4.78 is 6.72. The normalized spacial score (nSPS) is 14.8. The molecule has 3 aromatic carbocycles. The fourth-order valence-electron chi connectivity index (χ4n) is 3.21. The summed E-state index contributed by atoms with van der Waals surface area (Å²) in [6.07, 6.45) is 1.34. The Kier molecular flexibility index (Phi) is 6.51. The van der Waals surface area contributed by atoms with E-state index in [0.717, 1.165) is 16.1 Å². The van der Waals surface area contributed by atoms with Crippen LogP contribution in [0.2, 0.25) is 0 Å². The topological polar surface area (TPSA) is 119 Å². The second-order valence-electron chi connectivity index (χ2n) is 7.22. The summed E-state index contributed by atoms with van der Waals surface area (Å²) in [6.45, 7) is 0.370. The Labute approximate surface area is 201 Å². The number of anilines is 1. The molecule has 0 aliphatic carbocycles. The highest BCUT2D eigenvalue weighted by molar-refractivity contribution is 9.10. The summed E-state index contributed by atoms with van der Waals surface area (Å²) in [5, 5.41) is 13.1. The number of carbonyl (C=O) groups excluding carboxylic acids is 3. The number of barbiturate groups is 1. The van der Waals surface area contributed by atoms with E-state index in [-0.39, 0.29) is 16.9 Å². The van der Waals surface area contributed by atoms with Crippen LogP contribution in [0.4, 0.5) is 16.2 Å². The van der Waals surface area contributed by atoms with Gasteiger partial charge in [-0.05, 0) is 47.5 Å². The van der Waals surface area contributed by atoms with Gasteiger partial charge in [0.25, 0.3) is 17.5 Å². The number of nitrogens with one attached hydrogen (secondary N) is 1. The number of hydrogen-bond donors (Lipinski definition) is 1. The number of ether oxygens (including phenoxy) is 1. The number of nitro groups is 1. The minimum Gasteiger partial charge on any atom is -0.489 e. The van der Waals surface area contributed by atoms with Crippen molar-refractivity contribution in [2.45, 2.75) is 6.61 Å². The van der Waals surface area contributed by atoms with Crippen LogP contribution in [0.15, 0.2) is 82.8 Å². The lowest BCUT2D eigenvalue weighted by Gasteiger charge is -2.26. The minimum absolute atomic E-state index is 0.0215. The van der Waals surface area contributed by atoms with Crippen LogP contribution in [-0.4, -0.2) is 22.8 Å². The molecule has 170 valence electrons. The number of hydrogen-bond acceptors (Lipinski definition) is 6. The molecule has 0 spiro atoms. The first-order chi connectivity index (χ1) is 16.3. The zero-order valence-electron chi connectivity index (χ0n) is 17.4. The second-order valence-corrected chi connectivity index (χ2v) is 8.13. The number of halogens is 1. The summed E-state index contributed by atoms with van der Waals surface area (Å²) in [4.78, 5) is 48.7. The monoisotopic (exact) mass is 521 g/mol. The van der Waals surface area contributed by atoms with Gasteiger partial charge in [0.05, 0.1) is 10.6 Å². The summed E-state index contributed by atoms with van der Waals surface area (Å²) >= 11 is 3.38. The molecule has 4 amide bonds. The first kappa shape index (κ1) is 22.9. The third kappa shape index (κ3) is 5.02. The smallest absolute Gasteiger partial charge is 0.335 e. The first-order valence-electron chi connectivity index (χ1n) is 9.95. The lowest BCUT2D eigenvalue weighted by molar-refractivity contribution is -0.384. The average molecular weight is 522 g/mol. The van der Waals surface area contributed by atoms with Gasteiger partial charge in [0, 0.05) is 16.6 Å². The fraction of sp³-hybridized carbons (Fsp3) is 0.0417. The highest BCUT2D eigenvalue weighted by Crippen LogP contribution is 2.26. The standard InChI is InChI=1S/C24H16BrN3O6/c25-17-8-4-16(5-9-17)14-34-20-10-6-15(7-11-20)12-21-22(29)26-24(31)27(23(21)30)18-2-1-3-19(13-18)28(32)33/h1-13H,14H2,(H,26,29,31)/b21-12+. The number of amides is 4. The highest BCUT2D eigenvalue weighted by atomic mass is 79.9. The molecule has 1 N–H and O–H groups in total. The van der Waals surface area contributed by atoms with E-state index in [2.05, 4.69) is 21.2 Å². The van der Waals surface area contributed by atoms with Crippen molar-refractivity contribution in [1.82, 2.24) is 5.32 Å². The number of urea groups is 1. The number of imide groups is 2. The molecular formula is C24H16BrN3O6. The van der Waals surface area contributed by atoms with Crippen molar-refractivity contribution in [1.29, 1.82) is 0 Å². The molecule has 10 heteroatoms. The second kappa shape index (κ2) is 9.67. The van der Waals surface area contributed by atoms with Gasteiger partial charge in [0.1, 0.15) is 17.9 Å². The molecule has 1 heterocycles.